The lowest BCUT2D eigenvalue weighted by Crippen LogP contribution is -2.35. The smallest absolute Gasteiger partial charge is 0.261 e. The molecule has 0 saturated carbocycles. The van der Waals surface area contributed by atoms with Gasteiger partial charge in [0.15, 0.2) is 0 Å². The molecular weight excluding hydrogens is 510 g/mol. The lowest BCUT2D eigenvalue weighted by Gasteiger charge is -2.31. The molecule has 0 bridgehead atoms. The zero-order chi connectivity index (χ0) is 26.7. The molecule has 3 heterocycles. The average Bonchev–Trinajstić information content (AvgIpc) is 3.42. The van der Waals surface area contributed by atoms with Gasteiger partial charge in [-0.3, -0.25) is 9.82 Å². The van der Waals surface area contributed by atoms with Gasteiger partial charge in [0.2, 0.25) is 0 Å². The Balaban J connectivity index is 1.19. The first-order valence-corrected chi connectivity index (χ1v) is 15.2. The minimum atomic E-state index is -3.73. The van der Waals surface area contributed by atoms with Crippen molar-refractivity contribution in [3.63, 3.8) is 0 Å². The minimum Gasteiger partial charge on any atom is -0.382 e. The van der Waals surface area contributed by atoms with E-state index in [9.17, 15) is 8.42 Å². The highest BCUT2D eigenvalue weighted by Crippen LogP contribution is 2.31. The Morgan fingerprint density at radius 2 is 1.56 bits per heavy atom. The second kappa shape index (κ2) is 11.2. The van der Waals surface area contributed by atoms with Crippen molar-refractivity contribution < 1.29 is 8.42 Å². The van der Waals surface area contributed by atoms with E-state index in [1.807, 2.05) is 6.07 Å². The first kappa shape index (κ1) is 25.5. The molecule has 1 aromatic heterocycles. The zero-order valence-corrected chi connectivity index (χ0v) is 22.7. The molecule has 3 aromatic carbocycles. The van der Waals surface area contributed by atoms with Crippen LogP contribution in [0.25, 0.3) is 10.9 Å². The number of nitrogens with one attached hydrogen (secondary N) is 5. The second-order valence-electron chi connectivity index (χ2n) is 10.4. The second-order valence-corrected chi connectivity index (χ2v) is 12.1. The number of anilines is 5. The van der Waals surface area contributed by atoms with Gasteiger partial charge in [-0.2, -0.15) is 5.10 Å². The molecule has 39 heavy (non-hydrogen) atoms. The molecule has 204 valence electrons. The molecule has 0 unspecified atom stereocenters. The van der Waals surface area contributed by atoms with Crippen LogP contribution in [0.2, 0.25) is 0 Å². The largest absolute Gasteiger partial charge is 0.382 e. The SMILES string of the molecule is O=S(=O)(Nc1ccc2cn[nH]c2c1)c1ccc(Nc2cc(NC3CCNCC3)cc(N3CCCCC3)c2)cc1. The van der Waals surface area contributed by atoms with E-state index in [0.717, 1.165) is 67.0 Å². The summed E-state index contributed by atoms with van der Waals surface area (Å²) >= 11 is 0. The number of hydrogen-bond acceptors (Lipinski definition) is 7. The van der Waals surface area contributed by atoms with Crippen molar-refractivity contribution in [2.45, 2.75) is 43.0 Å². The number of nitrogens with zero attached hydrogens (tertiary/aromatic N) is 2. The lowest BCUT2D eigenvalue weighted by atomic mass is 10.1. The van der Waals surface area contributed by atoms with Gasteiger partial charge >= 0.3 is 0 Å². The molecule has 0 spiro atoms. The van der Waals surface area contributed by atoms with Crippen LogP contribution in [-0.4, -0.2) is 50.8 Å². The van der Waals surface area contributed by atoms with Crippen LogP contribution in [0.1, 0.15) is 32.1 Å². The maximum Gasteiger partial charge on any atom is 0.261 e. The summed E-state index contributed by atoms with van der Waals surface area (Å²) < 4.78 is 28.7. The van der Waals surface area contributed by atoms with Crippen LogP contribution in [0.3, 0.4) is 0 Å². The summed E-state index contributed by atoms with van der Waals surface area (Å²) in [6.07, 6.45) is 7.64. The van der Waals surface area contributed by atoms with Crippen molar-refractivity contribution in [1.82, 2.24) is 15.5 Å². The molecule has 6 rings (SSSR count). The summed E-state index contributed by atoms with van der Waals surface area (Å²) in [7, 11) is -3.73. The fraction of sp³-hybridized carbons (Fsp3) is 0.345. The summed E-state index contributed by atoms with van der Waals surface area (Å²) in [5, 5.41) is 18.5. The fourth-order valence-corrected chi connectivity index (χ4v) is 6.45. The van der Waals surface area contributed by atoms with Gasteiger partial charge in [-0.15, -0.1) is 0 Å². The van der Waals surface area contributed by atoms with Gasteiger partial charge < -0.3 is 20.9 Å². The van der Waals surface area contributed by atoms with E-state index < -0.39 is 10.0 Å². The van der Waals surface area contributed by atoms with E-state index in [0.29, 0.717) is 11.7 Å². The summed E-state index contributed by atoms with van der Waals surface area (Å²) in [6.45, 7) is 4.22. The number of H-pyrrole nitrogens is 1. The number of hydrogen-bond donors (Lipinski definition) is 5. The summed E-state index contributed by atoms with van der Waals surface area (Å²) in [5.74, 6) is 0. The third kappa shape index (κ3) is 6.12. The van der Waals surface area contributed by atoms with Crippen LogP contribution in [-0.2, 0) is 10.0 Å². The quantitative estimate of drug-likeness (QED) is 0.205. The third-order valence-electron chi connectivity index (χ3n) is 7.50. The molecule has 10 heteroatoms. The molecule has 2 aliphatic rings. The standard InChI is InChI=1S/C29H35N7O2S/c37-39(38,35-24-5-4-21-20-31-34-29(21)19-24)28-8-6-22(7-9-28)32-25-16-26(33-23-10-12-30-13-11-23)18-27(17-25)36-14-2-1-3-15-36/h4-9,16-20,23,30,32-33,35H,1-3,10-15H2,(H,31,34). The van der Waals surface area contributed by atoms with E-state index in [4.69, 9.17) is 0 Å². The van der Waals surface area contributed by atoms with Crippen molar-refractivity contribution in [3.05, 3.63) is 66.9 Å². The maximum absolute atomic E-state index is 13.0. The molecule has 2 fully saturated rings. The number of rotatable bonds is 8. The Kier molecular flexibility index (Phi) is 7.30. The fourth-order valence-electron chi connectivity index (χ4n) is 5.40. The van der Waals surface area contributed by atoms with E-state index >= 15 is 0 Å². The number of piperidine rings is 2. The average molecular weight is 546 g/mol. The van der Waals surface area contributed by atoms with Gasteiger partial charge in [0, 0.05) is 47.3 Å². The number of fused-ring (bicyclic) bond motifs is 1. The van der Waals surface area contributed by atoms with Gasteiger partial charge in [0.05, 0.1) is 22.3 Å². The molecule has 2 saturated heterocycles. The van der Waals surface area contributed by atoms with E-state index in [1.54, 1.807) is 42.6 Å². The Bertz CT molecular complexity index is 1520. The van der Waals surface area contributed by atoms with E-state index in [-0.39, 0.29) is 4.90 Å². The van der Waals surface area contributed by atoms with Crippen molar-refractivity contribution in [2.24, 2.45) is 0 Å². The third-order valence-corrected chi connectivity index (χ3v) is 8.89. The summed E-state index contributed by atoms with van der Waals surface area (Å²) in [4.78, 5) is 2.66. The predicted molar refractivity (Wildman–Crippen MR) is 159 cm³/mol. The first-order chi connectivity index (χ1) is 19.0. The molecular formula is C29H35N7O2S. The Hall–Kier alpha value is -3.76. The molecule has 0 amide bonds. The molecule has 2 aliphatic heterocycles. The predicted octanol–water partition coefficient (Wildman–Crippen LogP) is 5.26. The molecule has 4 aromatic rings. The van der Waals surface area contributed by atoms with Crippen LogP contribution < -0.4 is 25.6 Å². The van der Waals surface area contributed by atoms with E-state index in [1.165, 1.54) is 24.9 Å². The first-order valence-electron chi connectivity index (χ1n) is 13.7. The topological polar surface area (TPSA) is 114 Å². The highest BCUT2D eigenvalue weighted by Gasteiger charge is 2.17. The van der Waals surface area contributed by atoms with Gasteiger partial charge in [0.25, 0.3) is 10.0 Å². The van der Waals surface area contributed by atoms with Crippen LogP contribution in [0, 0.1) is 0 Å². The molecule has 0 atom stereocenters. The summed E-state index contributed by atoms with van der Waals surface area (Å²) in [5.41, 5.74) is 5.40. The Labute approximate surface area is 229 Å². The van der Waals surface area contributed by atoms with Crippen molar-refractivity contribution >= 4 is 49.4 Å². The highest BCUT2D eigenvalue weighted by atomic mass is 32.2. The Morgan fingerprint density at radius 3 is 2.36 bits per heavy atom. The normalized spacial score (nSPS) is 16.8. The van der Waals surface area contributed by atoms with Crippen LogP contribution in [0.4, 0.5) is 28.4 Å². The maximum atomic E-state index is 13.0. The zero-order valence-electron chi connectivity index (χ0n) is 21.9. The monoisotopic (exact) mass is 545 g/mol. The van der Waals surface area contributed by atoms with Crippen molar-refractivity contribution in [1.29, 1.82) is 0 Å². The van der Waals surface area contributed by atoms with Crippen LogP contribution in [0.15, 0.2) is 71.8 Å². The molecule has 9 nitrogen and oxygen atoms in total. The van der Waals surface area contributed by atoms with Crippen molar-refractivity contribution in [2.75, 3.05) is 46.4 Å². The van der Waals surface area contributed by atoms with Gasteiger partial charge in [-0.05, 0) is 106 Å². The van der Waals surface area contributed by atoms with Gasteiger partial charge in [0.1, 0.15) is 0 Å². The molecule has 5 N–H and O–H groups in total. The number of aromatic nitrogens is 2. The van der Waals surface area contributed by atoms with E-state index in [2.05, 4.69) is 54.0 Å². The number of sulfonamides is 1. The van der Waals surface area contributed by atoms with Crippen LogP contribution >= 0.6 is 0 Å². The Morgan fingerprint density at radius 1 is 0.821 bits per heavy atom. The lowest BCUT2D eigenvalue weighted by molar-refractivity contribution is 0.479. The molecule has 0 aliphatic carbocycles. The summed E-state index contributed by atoms with van der Waals surface area (Å²) in [6, 6.07) is 19.2. The minimum absolute atomic E-state index is 0.202. The van der Waals surface area contributed by atoms with Crippen molar-refractivity contribution in [3.8, 4) is 0 Å². The van der Waals surface area contributed by atoms with Crippen LogP contribution in [0.5, 0.6) is 0 Å². The van der Waals surface area contributed by atoms with Gasteiger partial charge in [-0.25, -0.2) is 8.42 Å². The number of benzene rings is 3. The number of aromatic amines is 1. The van der Waals surface area contributed by atoms with Gasteiger partial charge in [-0.1, -0.05) is 0 Å². The molecule has 0 radical (unpaired) electrons. The highest BCUT2D eigenvalue weighted by molar-refractivity contribution is 7.92.